The van der Waals surface area contributed by atoms with Crippen LogP contribution in [-0.2, 0) is 14.6 Å². The summed E-state index contributed by atoms with van der Waals surface area (Å²) in [7, 11) is -2.05. The predicted octanol–water partition coefficient (Wildman–Crippen LogP) is 2.80. The normalized spacial score (nSPS) is 11.7. The van der Waals surface area contributed by atoms with Crippen LogP contribution >= 0.6 is 0 Å². The van der Waals surface area contributed by atoms with E-state index in [1.54, 1.807) is 22.9 Å². The number of sulfone groups is 1. The van der Waals surface area contributed by atoms with Crippen molar-refractivity contribution < 1.29 is 18.4 Å². The van der Waals surface area contributed by atoms with Crippen LogP contribution < -0.4 is 0 Å². The minimum atomic E-state index is -3.29. The Morgan fingerprint density at radius 1 is 1.11 bits per heavy atom. The first-order chi connectivity index (χ1) is 13.3. The molecule has 0 aliphatic heterocycles. The van der Waals surface area contributed by atoms with Gasteiger partial charge < -0.3 is 0 Å². The number of aromatic nitrogens is 2. The maximum absolute atomic E-state index is 11.7. The van der Waals surface area contributed by atoms with Gasteiger partial charge in [-0.3, -0.25) is 10.0 Å². The molecule has 3 aromatic rings. The maximum Gasteiger partial charge on any atom is 0.269 e. The van der Waals surface area contributed by atoms with E-state index in [2.05, 4.69) is 5.10 Å². The SMILES string of the molecule is CN(O)C(=O)/C=C/c1cc(-c2ccccc2)n(-c2ccc(S(C)(=O)=O)cc2)n1. The molecule has 0 radical (unpaired) electrons. The highest BCUT2D eigenvalue weighted by Crippen LogP contribution is 2.25. The second-order valence-electron chi connectivity index (χ2n) is 6.19. The van der Waals surface area contributed by atoms with Gasteiger partial charge in [0.2, 0.25) is 0 Å². The monoisotopic (exact) mass is 397 g/mol. The Morgan fingerprint density at radius 3 is 2.32 bits per heavy atom. The van der Waals surface area contributed by atoms with Crippen molar-refractivity contribution in [3.8, 4) is 16.9 Å². The fraction of sp³-hybridized carbons (Fsp3) is 0.100. The molecule has 1 N–H and O–H groups in total. The van der Waals surface area contributed by atoms with E-state index in [1.807, 2.05) is 30.3 Å². The Labute approximate surface area is 163 Å². The van der Waals surface area contributed by atoms with E-state index in [1.165, 1.54) is 31.3 Å². The Kier molecular flexibility index (Phi) is 5.43. The molecule has 0 atom stereocenters. The Hall–Kier alpha value is -3.23. The summed E-state index contributed by atoms with van der Waals surface area (Å²) < 4.78 is 25.1. The highest BCUT2D eigenvalue weighted by Gasteiger charge is 2.13. The molecule has 0 saturated heterocycles. The topological polar surface area (TPSA) is 92.5 Å². The number of hydrogen-bond donors (Lipinski definition) is 1. The van der Waals surface area contributed by atoms with Gasteiger partial charge in [0.1, 0.15) is 0 Å². The lowest BCUT2D eigenvalue weighted by Gasteiger charge is -2.08. The zero-order valence-corrected chi connectivity index (χ0v) is 16.2. The minimum Gasteiger partial charge on any atom is -0.286 e. The molecule has 1 aromatic heterocycles. The van der Waals surface area contributed by atoms with E-state index < -0.39 is 15.7 Å². The number of amides is 1. The van der Waals surface area contributed by atoms with Crippen LogP contribution in [0.5, 0.6) is 0 Å². The zero-order valence-electron chi connectivity index (χ0n) is 15.4. The summed E-state index contributed by atoms with van der Waals surface area (Å²) >= 11 is 0. The van der Waals surface area contributed by atoms with Crippen molar-refractivity contribution in [2.45, 2.75) is 4.90 Å². The highest BCUT2D eigenvalue weighted by atomic mass is 32.2. The molecule has 0 unspecified atom stereocenters. The van der Waals surface area contributed by atoms with Gasteiger partial charge in [0.05, 0.1) is 22.0 Å². The summed E-state index contributed by atoms with van der Waals surface area (Å²) in [6.07, 6.45) is 3.88. The van der Waals surface area contributed by atoms with Crippen LogP contribution in [0.1, 0.15) is 5.69 Å². The van der Waals surface area contributed by atoms with Crippen LogP contribution in [0.3, 0.4) is 0 Å². The van der Waals surface area contributed by atoms with E-state index in [0.29, 0.717) is 16.4 Å². The lowest BCUT2D eigenvalue weighted by molar-refractivity contribution is -0.153. The fourth-order valence-electron chi connectivity index (χ4n) is 2.59. The number of benzene rings is 2. The summed E-state index contributed by atoms with van der Waals surface area (Å²) in [5, 5.41) is 14.2. The molecule has 1 heterocycles. The Balaban J connectivity index is 2.07. The second kappa shape index (κ2) is 7.79. The van der Waals surface area contributed by atoms with Crippen LogP contribution in [0.15, 0.2) is 71.6 Å². The van der Waals surface area contributed by atoms with Gasteiger partial charge in [0.25, 0.3) is 5.91 Å². The quantitative estimate of drug-likeness (QED) is 0.406. The molecular weight excluding hydrogens is 378 g/mol. The summed E-state index contributed by atoms with van der Waals surface area (Å²) in [4.78, 5) is 11.8. The van der Waals surface area contributed by atoms with E-state index in [-0.39, 0.29) is 4.90 Å². The average Bonchev–Trinajstić information content (AvgIpc) is 3.10. The first-order valence-corrected chi connectivity index (χ1v) is 10.3. The number of nitrogens with zero attached hydrogens (tertiary/aromatic N) is 3. The highest BCUT2D eigenvalue weighted by molar-refractivity contribution is 7.90. The molecule has 7 nitrogen and oxygen atoms in total. The smallest absolute Gasteiger partial charge is 0.269 e. The fourth-order valence-corrected chi connectivity index (χ4v) is 3.22. The molecule has 0 fully saturated rings. The number of likely N-dealkylation sites (N-methyl/N-ethyl adjacent to an activating group) is 1. The van der Waals surface area contributed by atoms with E-state index in [4.69, 9.17) is 5.21 Å². The van der Waals surface area contributed by atoms with Gasteiger partial charge in [-0.15, -0.1) is 0 Å². The predicted molar refractivity (Wildman–Crippen MR) is 106 cm³/mol. The summed E-state index contributed by atoms with van der Waals surface area (Å²) in [5.41, 5.74) is 2.88. The first-order valence-electron chi connectivity index (χ1n) is 8.36. The average molecular weight is 397 g/mol. The molecule has 8 heteroatoms. The number of hydroxylamine groups is 2. The van der Waals surface area contributed by atoms with Gasteiger partial charge in [-0.05, 0) is 36.4 Å². The molecule has 1 amide bonds. The molecule has 0 saturated carbocycles. The molecule has 144 valence electrons. The standard InChI is InChI=1S/C20H19N3O4S/c1-22(25)20(24)13-8-16-14-19(15-6-4-3-5-7-15)23(21-16)17-9-11-18(12-10-17)28(2,26)27/h3-14,25H,1-2H3/b13-8+. The molecule has 3 rings (SSSR count). The summed E-state index contributed by atoms with van der Waals surface area (Å²) in [5.74, 6) is -0.576. The van der Waals surface area contributed by atoms with Crippen molar-refractivity contribution in [2.75, 3.05) is 13.3 Å². The molecule has 2 aromatic carbocycles. The minimum absolute atomic E-state index is 0.223. The zero-order chi connectivity index (χ0) is 20.3. The van der Waals surface area contributed by atoms with Crippen LogP contribution in [0, 0.1) is 0 Å². The third-order valence-electron chi connectivity index (χ3n) is 4.02. The van der Waals surface area contributed by atoms with Crippen LogP contribution in [0.2, 0.25) is 0 Å². The third kappa shape index (κ3) is 4.36. The molecule has 0 spiro atoms. The molecule has 0 aliphatic carbocycles. The summed E-state index contributed by atoms with van der Waals surface area (Å²) in [6, 6.07) is 17.8. The van der Waals surface area contributed by atoms with Crippen molar-refractivity contribution in [2.24, 2.45) is 0 Å². The van der Waals surface area contributed by atoms with E-state index in [9.17, 15) is 13.2 Å². The van der Waals surface area contributed by atoms with Crippen molar-refractivity contribution in [1.29, 1.82) is 0 Å². The first kappa shape index (κ1) is 19.5. The number of rotatable bonds is 5. The Bertz CT molecular complexity index is 1120. The third-order valence-corrected chi connectivity index (χ3v) is 5.15. The van der Waals surface area contributed by atoms with E-state index in [0.717, 1.165) is 17.5 Å². The lowest BCUT2D eigenvalue weighted by Crippen LogP contribution is -2.19. The van der Waals surface area contributed by atoms with Gasteiger partial charge in [0, 0.05) is 24.9 Å². The molecule has 0 bridgehead atoms. The molecular formula is C20H19N3O4S. The van der Waals surface area contributed by atoms with Crippen molar-refractivity contribution in [3.63, 3.8) is 0 Å². The van der Waals surface area contributed by atoms with Crippen molar-refractivity contribution in [3.05, 3.63) is 72.4 Å². The van der Waals surface area contributed by atoms with Crippen molar-refractivity contribution in [1.82, 2.24) is 14.8 Å². The van der Waals surface area contributed by atoms with E-state index >= 15 is 0 Å². The van der Waals surface area contributed by atoms with Gasteiger partial charge in [-0.1, -0.05) is 30.3 Å². The van der Waals surface area contributed by atoms with Crippen LogP contribution in [0.4, 0.5) is 0 Å². The number of hydrogen-bond acceptors (Lipinski definition) is 5. The lowest BCUT2D eigenvalue weighted by atomic mass is 10.1. The van der Waals surface area contributed by atoms with Gasteiger partial charge in [-0.2, -0.15) is 5.10 Å². The second-order valence-corrected chi connectivity index (χ2v) is 8.21. The van der Waals surface area contributed by atoms with Gasteiger partial charge in [0.15, 0.2) is 9.84 Å². The molecule has 28 heavy (non-hydrogen) atoms. The largest absolute Gasteiger partial charge is 0.286 e. The summed E-state index contributed by atoms with van der Waals surface area (Å²) in [6.45, 7) is 0. The number of carbonyl (C=O) groups excluding carboxylic acids is 1. The van der Waals surface area contributed by atoms with Gasteiger partial charge >= 0.3 is 0 Å². The van der Waals surface area contributed by atoms with Crippen molar-refractivity contribution >= 4 is 21.8 Å². The maximum atomic E-state index is 11.7. The van der Waals surface area contributed by atoms with Gasteiger partial charge in [-0.25, -0.2) is 18.2 Å². The number of carbonyl (C=O) groups is 1. The van der Waals surface area contributed by atoms with Crippen LogP contribution in [-0.4, -0.2) is 47.7 Å². The Morgan fingerprint density at radius 2 is 1.75 bits per heavy atom. The van der Waals surface area contributed by atoms with Crippen LogP contribution in [0.25, 0.3) is 23.0 Å². The molecule has 0 aliphatic rings.